The molecule has 0 heterocycles. The van der Waals surface area contributed by atoms with Gasteiger partial charge in [0.2, 0.25) is 0 Å². The Labute approximate surface area is 87.5 Å². The highest BCUT2D eigenvalue weighted by molar-refractivity contribution is 5.25. The van der Waals surface area contributed by atoms with Crippen molar-refractivity contribution in [1.82, 2.24) is 5.32 Å². The van der Waals surface area contributed by atoms with Crippen molar-refractivity contribution < 1.29 is 0 Å². The van der Waals surface area contributed by atoms with E-state index in [1.807, 2.05) is 7.05 Å². The molecule has 0 amide bonds. The Balaban J connectivity index is 2.71. The van der Waals surface area contributed by atoms with Gasteiger partial charge < -0.3 is 5.32 Å². The third-order valence-corrected chi connectivity index (χ3v) is 2.82. The highest BCUT2D eigenvalue weighted by atomic mass is 14.8. The fourth-order valence-electron chi connectivity index (χ4n) is 1.87. The maximum absolute atomic E-state index is 3.16. The number of nitrogens with one attached hydrogen (secondary N) is 1. The molecule has 14 heavy (non-hydrogen) atoms. The van der Waals surface area contributed by atoms with Gasteiger partial charge in [0.05, 0.1) is 0 Å². The lowest BCUT2D eigenvalue weighted by Gasteiger charge is -2.13. The van der Waals surface area contributed by atoms with Crippen molar-refractivity contribution >= 4 is 0 Å². The summed E-state index contributed by atoms with van der Waals surface area (Å²) in [6.07, 6.45) is 2.48. The van der Waals surface area contributed by atoms with Crippen molar-refractivity contribution in [3.63, 3.8) is 0 Å². The number of hydrogen-bond acceptors (Lipinski definition) is 1. The SMILES string of the molecule is CCC(CC)c1ccc(CNC)cc1. The molecule has 0 fully saturated rings. The molecule has 0 bridgehead atoms. The van der Waals surface area contributed by atoms with Crippen molar-refractivity contribution in [1.29, 1.82) is 0 Å². The minimum absolute atomic E-state index is 0.735. The molecule has 1 aromatic carbocycles. The van der Waals surface area contributed by atoms with Crippen LogP contribution in [-0.4, -0.2) is 7.05 Å². The Morgan fingerprint density at radius 3 is 2.07 bits per heavy atom. The predicted molar refractivity (Wildman–Crippen MR) is 62.5 cm³/mol. The molecule has 78 valence electrons. The predicted octanol–water partition coefficient (Wildman–Crippen LogP) is 3.31. The summed E-state index contributed by atoms with van der Waals surface area (Å²) < 4.78 is 0. The van der Waals surface area contributed by atoms with Crippen LogP contribution in [0.25, 0.3) is 0 Å². The largest absolute Gasteiger partial charge is 0.316 e. The third-order valence-electron chi connectivity index (χ3n) is 2.82. The van der Waals surface area contributed by atoms with E-state index in [0.717, 1.165) is 12.5 Å². The van der Waals surface area contributed by atoms with E-state index in [1.54, 1.807) is 0 Å². The molecular weight excluding hydrogens is 170 g/mol. The summed E-state index contributed by atoms with van der Waals surface area (Å²) >= 11 is 0. The molecule has 1 rings (SSSR count). The van der Waals surface area contributed by atoms with E-state index < -0.39 is 0 Å². The summed E-state index contributed by atoms with van der Waals surface area (Å²) in [5, 5.41) is 3.16. The van der Waals surface area contributed by atoms with Crippen LogP contribution in [-0.2, 0) is 6.54 Å². The maximum atomic E-state index is 3.16. The fourth-order valence-corrected chi connectivity index (χ4v) is 1.87. The van der Waals surface area contributed by atoms with E-state index in [-0.39, 0.29) is 0 Å². The van der Waals surface area contributed by atoms with Crippen molar-refractivity contribution in [3.8, 4) is 0 Å². The lowest BCUT2D eigenvalue weighted by atomic mass is 9.93. The quantitative estimate of drug-likeness (QED) is 0.753. The maximum Gasteiger partial charge on any atom is 0.0202 e. The molecule has 0 aromatic heterocycles. The molecule has 1 aromatic rings. The first-order valence-corrected chi connectivity index (χ1v) is 5.55. The van der Waals surface area contributed by atoms with Crippen LogP contribution in [0.1, 0.15) is 43.7 Å². The molecule has 0 unspecified atom stereocenters. The molecule has 0 atom stereocenters. The van der Waals surface area contributed by atoms with Gasteiger partial charge in [0.1, 0.15) is 0 Å². The van der Waals surface area contributed by atoms with Gasteiger partial charge in [-0.2, -0.15) is 0 Å². The Kier molecular flexibility index (Phi) is 4.68. The monoisotopic (exact) mass is 191 g/mol. The zero-order chi connectivity index (χ0) is 10.4. The highest BCUT2D eigenvalue weighted by Crippen LogP contribution is 2.22. The molecule has 1 N–H and O–H groups in total. The fraction of sp³-hybridized carbons (Fsp3) is 0.538. The lowest BCUT2D eigenvalue weighted by Crippen LogP contribution is -2.05. The van der Waals surface area contributed by atoms with E-state index >= 15 is 0 Å². The van der Waals surface area contributed by atoms with Gasteiger partial charge in [-0.25, -0.2) is 0 Å². The number of rotatable bonds is 5. The summed E-state index contributed by atoms with van der Waals surface area (Å²) in [6.45, 7) is 5.48. The normalized spacial score (nSPS) is 10.9. The summed E-state index contributed by atoms with van der Waals surface area (Å²) in [6, 6.07) is 8.99. The summed E-state index contributed by atoms with van der Waals surface area (Å²) in [7, 11) is 1.98. The molecule has 0 saturated carbocycles. The number of benzene rings is 1. The Morgan fingerprint density at radius 1 is 1.07 bits per heavy atom. The minimum atomic E-state index is 0.735. The molecule has 0 radical (unpaired) electrons. The van der Waals surface area contributed by atoms with Gasteiger partial charge in [-0.05, 0) is 36.9 Å². The molecular formula is C13H21N. The molecule has 0 aliphatic rings. The summed E-state index contributed by atoms with van der Waals surface area (Å²) in [5.41, 5.74) is 2.84. The van der Waals surface area contributed by atoms with Crippen molar-refractivity contribution in [2.45, 2.75) is 39.2 Å². The topological polar surface area (TPSA) is 12.0 Å². The highest BCUT2D eigenvalue weighted by Gasteiger charge is 2.05. The van der Waals surface area contributed by atoms with Gasteiger partial charge in [-0.3, -0.25) is 0 Å². The standard InChI is InChI=1S/C13H21N/c1-4-12(5-2)13-8-6-11(7-9-13)10-14-3/h6-9,12,14H,4-5,10H2,1-3H3. The van der Waals surface area contributed by atoms with E-state index in [9.17, 15) is 0 Å². The molecule has 0 spiro atoms. The van der Waals surface area contributed by atoms with Crippen LogP contribution in [0.4, 0.5) is 0 Å². The van der Waals surface area contributed by atoms with Crippen LogP contribution in [0.2, 0.25) is 0 Å². The Hall–Kier alpha value is -0.820. The van der Waals surface area contributed by atoms with Gasteiger partial charge in [-0.1, -0.05) is 38.1 Å². The van der Waals surface area contributed by atoms with Crippen LogP contribution in [0.15, 0.2) is 24.3 Å². The first-order chi connectivity index (χ1) is 6.81. The molecule has 0 aliphatic heterocycles. The zero-order valence-corrected chi connectivity index (χ0v) is 9.51. The van der Waals surface area contributed by atoms with Gasteiger partial charge in [0, 0.05) is 6.54 Å². The van der Waals surface area contributed by atoms with Crippen LogP contribution < -0.4 is 5.32 Å². The first-order valence-electron chi connectivity index (χ1n) is 5.55. The van der Waals surface area contributed by atoms with Gasteiger partial charge >= 0.3 is 0 Å². The number of hydrogen-bond donors (Lipinski definition) is 1. The minimum Gasteiger partial charge on any atom is -0.316 e. The second-order valence-corrected chi connectivity index (χ2v) is 3.79. The van der Waals surface area contributed by atoms with E-state index in [0.29, 0.717) is 0 Å². The van der Waals surface area contributed by atoms with Crippen LogP contribution in [0.3, 0.4) is 0 Å². The average Bonchev–Trinajstić information content (AvgIpc) is 2.23. The van der Waals surface area contributed by atoms with Gasteiger partial charge in [0.25, 0.3) is 0 Å². The lowest BCUT2D eigenvalue weighted by molar-refractivity contribution is 0.641. The second kappa shape index (κ2) is 5.82. The van der Waals surface area contributed by atoms with Crippen LogP contribution >= 0.6 is 0 Å². The third kappa shape index (κ3) is 2.85. The van der Waals surface area contributed by atoms with Crippen molar-refractivity contribution in [2.75, 3.05) is 7.05 Å². The molecule has 0 aliphatic carbocycles. The molecule has 1 nitrogen and oxygen atoms in total. The molecule has 1 heteroatoms. The first kappa shape index (κ1) is 11.3. The second-order valence-electron chi connectivity index (χ2n) is 3.79. The van der Waals surface area contributed by atoms with Crippen LogP contribution in [0, 0.1) is 0 Å². The van der Waals surface area contributed by atoms with Gasteiger partial charge in [-0.15, -0.1) is 0 Å². The van der Waals surface area contributed by atoms with E-state index in [2.05, 4.69) is 43.4 Å². The van der Waals surface area contributed by atoms with E-state index in [1.165, 1.54) is 24.0 Å². The smallest absolute Gasteiger partial charge is 0.0202 e. The van der Waals surface area contributed by atoms with E-state index in [4.69, 9.17) is 0 Å². The van der Waals surface area contributed by atoms with Crippen LogP contribution in [0.5, 0.6) is 0 Å². The Bertz CT molecular complexity index is 246. The van der Waals surface area contributed by atoms with Gasteiger partial charge in [0.15, 0.2) is 0 Å². The summed E-state index contributed by atoms with van der Waals surface area (Å²) in [5.74, 6) is 0.735. The van der Waals surface area contributed by atoms with Crippen molar-refractivity contribution in [2.24, 2.45) is 0 Å². The van der Waals surface area contributed by atoms with Crippen molar-refractivity contribution in [3.05, 3.63) is 35.4 Å². The average molecular weight is 191 g/mol. The zero-order valence-electron chi connectivity index (χ0n) is 9.51. The Morgan fingerprint density at radius 2 is 1.64 bits per heavy atom. The molecule has 0 saturated heterocycles. The summed E-state index contributed by atoms with van der Waals surface area (Å²) in [4.78, 5) is 0.